The zero-order valence-corrected chi connectivity index (χ0v) is 11.3. The fourth-order valence-electron chi connectivity index (χ4n) is 1.16. The van der Waals surface area contributed by atoms with Crippen LogP contribution in [0, 0.1) is 5.82 Å². The minimum atomic E-state index is -0.949. The van der Waals surface area contributed by atoms with Gasteiger partial charge in [0.05, 0.1) is 11.2 Å². The van der Waals surface area contributed by atoms with Crippen molar-refractivity contribution in [2.45, 2.75) is 25.9 Å². The summed E-state index contributed by atoms with van der Waals surface area (Å²) in [6, 6.07) is 3.89. The molecule has 0 aliphatic heterocycles. The molecule has 0 saturated heterocycles. The molecule has 1 amide bonds. The Hall–Kier alpha value is -0.940. The number of hydrogen-bond donors (Lipinski definition) is 2. The first-order chi connectivity index (χ1) is 7.85. The van der Waals surface area contributed by atoms with E-state index in [0.717, 1.165) is 6.07 Å². The molecule has 5 heteroatoms. The summed E-state index contributed by atoms with van der Waals surface area (Å²) in [5.41, 5.74) is -0.730. The molecule has 1 rings (SSSR count). The molecule has 0 spiro atoms. The standard InChI is InChI=1S/C12H15BrFNO2/c1-3-12(2,17)7-15-11(16)9-6-8(14)4-5-10(9)13/h4-6,17H,3,7H2,1-2H3,(H,15,16). The zero-order chi connectivity index (χ0) is 13.1. The molecule has 1 aromatic rings. The van der Waals surface area contributed by atoms with Crippen LogP contribution in [0.1, 0.15) is 30.6 Å². The molecule has 1 unspecified atom stereocenters. The van der Waals surface area contributed by atoms with Gasteiger partial charge in [0, 0.05) is 11.0 Å². The van der Waals surface area contributed by atoms with Crippen molar-refractivity contribution in [3.63, 3.8) is 0 Å². The van der Waals surface area contributed by atoms with Gasteiger partial charge in [-0.3, -0.25) is 4.79 Å². The number of halogens is 2. The van der Waals surface area contributed by atoms with Crippen molar-refractivity contribution < 1.29 is 14.3 Å². The van der Waals surface area contributed by atoms with Crippen LogP contribution >= 0.6 is 15.9 Å². The van der Waals surface area contributed by atoms with Crippen LogP contribution in [0.4, 0.5) is 4.39 Å². The number of hydrogen-bond acceptors (Lipinski definition) is 2. The average Bonchev–Trinajstić information content (AvgIpc) is 2.29. The van der Waals surface area contributed by atoms with Crippen LogP contribution in [0.3, 0.4) is 0 Å². The third-order valence-electron chi connectivity index (χ3n) is 2.56. The second kappa shape index (κ2) is 5.60. The summed E-state index contributed by atoms with van der Waals surface area (Å²) >= 11 is 3.18. The van der Waals surface area contributed by atoms with E-state index in [1.54, 1.807) is 6.92 Å². The lowest BCUT2D eigenvalue weighted by atomic mass is 10.0. The van der Waals surface area contributed by atoms with Gasteiger partial charge in [-0.1, -0.05) is 6.92 Å². The Morgan fingerprint density at radius 1 is 1.59 bits per heavy atom. The summed E-state index contributed by atoms with van der Waals surface area (Å²) < 4.78 is 13.5. The van der Waals surface area contributed by atoms with Crippen molar-refractivity contribution >= 4 is 21.8 Å². The van der Waals surface area contributed by atoms with Crippen molar-refractivity contribution in [3.8, 4) is 0 Å². The first kappa shape index (κ1) is 14.1. The summed E-state index contributed by atoms with van der Waals surface area (Å²) in [5.74, 6) is -0.884. The highest BCUT2D eigenvalue weighted by Crippen LogP contribution is 2.18. The molecule has 3 nitrogen and oxygen atoms in total. The summed E-state index contributed by atoms with van der Waals surface area (Å²) in [6.45, 7) is 3.59. The number of carbonyl (C=O) groups excluding carboxylic acids is 1. The number of carbonyl (C=O) groups is 1. The van der Waals surface area contributed by atoms with Crippen LogP contribution < -0.4 is 5.32 Å². The van der Waals surface area contributed by atoms with Crippen molar-refractivity contribution in [2.24, 2.45) is 0 Å². The molecule has 94 valence electrons. The molecule has 0 aliphatic carbocycles. The van der Waals surface area contributed by atoms with E-state index in [1.807, 2.05) is 6.92 Å². The lowest BCUT2D eigenvalue weighted by Crippen LogP contribution is -2.40. The molecule has 0 heterocycles. The molecule has 1 atom stereocenters. The lowest BCUT2D eigenvalue weighted by Gasteiger charge is -2.21. The Morgan fingerprint density at radius 2 is 2.24 bits per heavy atom. The molecule has 0 bridgehead atoms. The van der Waals surface area contributed by atoms with Gasteiger partial charge < -0.3 is 10.4 Å². The van der Waals surface area contributed by atoms with Crippen LogP contribution in [-0.2, 0) is 0 Å². The van der Waals surface area contributed by atoms with Crippen molar-refractivity contribution in [3.05, 3.63) is 34.1 Å². The highest BCUT2D eigenvalue weighted by Gasteiger charge is 2.19. The predicted molar refractivity (Wildman–Crippen MR) is 67.3 cm³/mol. The third-order valence-corrected chi connectivity index (χ3v) is 3.26. The van der Waals surface area contributed by atoms with Crippen LogP contribution in [0.5, 0.6) is 0 Å². The van der Waals surface area contributed by atoms with E-state index in [2.05, 4.69) is 21.2 Å². The summed E-state index contributed by atoms with van der Waals surface area (Å²) in [4.78, 5) is 11.8. The molecule has 0 aliphatic rings. The quantitative estimate of drug-likeness (QED) is 0.898. The van der Waals surface area contributed by atoms with E-state index < -0.39 is 17.3 Å². The molecule has 0 radical (unpaired) electrons. The van der Waals surface area contributed by atoms with Crippen LogP contribution in [0.25, 0.3) is 0 Å². The number of nitrogens with one attached hydrogen (secondary N) is 1. The number of amides is 1. The first-order valence-corrected chi connectivity index (χ1v) is 6.10. The lowest BCUT2D eigenvalue weighted by molar-refractivity contribution is 0.0518. The van der Waals surface area contributed by atoms with Crippen LogP contribution in [0.2, 0.25) is 0 Å². The number of aliphatic hydroxyl groups is 1. The zero-order valence-electron chi connectivity index (χ0n) is 9.76. The van der Waals surface area contributed by atoms with Gasteiger partial charge in [-0.2, -0.15) is 0 Å². The van der Waals surface area contributed by atoms with E-state index in [0.29, 0.717) is 10.9 Å². The monoisotopic (exact) mass is 303 g/mol. The normalized spacial score (nSPS) is 14.2. The molecule has 17 heavy (non-hydrogen) atoms. The number of benzene rings is 1. The molecular weight excluding hydrogens is 289 g/mol. The molecule has 0 saturated carbocycles. The first-order valence-electron chi connectivity index (χ1n) is 5.31. The largest absolute Gasteiger partial charge is 0.388 e. The maximum atomic E-state index is 13.0. The van der Waals surface area contributed by atoms with Crippen molar-refractivity contribution in [1.82, 2.24) is 5.32 Å². The van der Waals surface area contributed by atoms with Gasteiger partial charge in [0.15, 0.2) is 0 Å². The van der Waals surface area contributed by atoms with Gasteiger partial charge >= 0.3 is 0 Å². The Labute approximate surface area is 108 Å². The van der Waals surface area contributed by atoms with Gasteiger partial charge in [0.1, 0.15) is 5.82 Å². The SMILES string of the molecule is CCC(C)(O)CNC(=O)c1cc(F)ccc1Br. The molecule has 0 fully saturated rings. The minimum absolute atomic E-state index is 0.130. The maximum Gasteiger partial charge on any atom is 0.252 e. The maximum absolute atomic E-state index is 13.0. The topological polar surface area (TPSA) is 49.3 Å². The summed E-state index contributed by atoms with van der Waals surface area (Å²) in [5, 5.41) is 12.3. The molecule has 0 aromatic heterocycles. The summed E-state index contributed by atoms with van der Waals surface area (Å²) in [6.07, 6.45) is 0.525. The second-order valence-electron chi connectivity index (χ2n) is 4.16. The second-order valence-corrected chi connectivity index (χ2v) is 5.01. The van der Waals surface area contributed by atoms with Gasteiger partial charge in [0.25, 0.3) is 5.91 Å². The summed E-state index contributed by atoms with van der Waals surface area (Å²) in [7, 11) is 0. The van der Waals surface area contributed by atoms with Crippen molar-refractivity contribution in [1.29, 1.82) is 0 Å². The highest BCUT2D eigenvalue weighted by molar-refractivity contribution is 9.10. The Bertz CT molecular complexity index is 421. The predicted octanol–water partition coefficient (Wildman–Crippen LogP) is 2.48. The van der Waals surface area contributed by atoms with E-state index in [9.17, 15) is 14.3 Å². The Kier molecular flexibility index (Phi) is 4.65. The fraction of sp³-hybridized carbons (Fsp3) is 0.417. The Balaban J connectivity index is 2.74. The van der Waals surface area contributed by atoms with E-state index in [1.165, 1.54) is 12.1 Å². The molecule has 2 N–H and O–H groups in total. The smallest absolute Gasteiger partial charge is 0.252 e. The van der Waals surface area contributed by atoms with Crippen LogP contribution in [-0.4, -0.2) is 23.2 Å². The third kappa shape index (κ3) is 4.09. The van der Waals surface area contributed by atoms with Gasteiger partial charge in [0.2, 0.25) is 0 Å². The van der Waals surface area contributed by atoms with E-state index in [-0.39, 0.29) is 12.1 Å². The fourth-order valence-corrected chi connectivity index (χ4v) is 1.59. The molecule has 1 aromatic carbocycles. The van der Waals surface area contributed by atoms with Gasteiger partial charge in [-0.05, 0) is 47.5 Å². The van der Waals surface area contributed by atoms with Crippen molar-refractivity contribution in [2.75, 3.05) is 6.54 Å². The van der Waals surface area contributed by atoms with Crippen LogP contribution in [0.15, 0.2) is 22.7 Å². The van der Waals surface area contributed by atoms with Gasteiger partial charge in [-0.25, -0.2) is 4.39 Å². The van der Waals surface area contributed by atoms with E-state index >= 15 is 0 Å². The molecular formula is C12H15BrFNO2. The van der Waals surface area contributed by atoms with E-state index in [4.69, 9.17) is 0 Å². The number of rotatable bonds is 4. The average molecular weight is 304 g/mol. The highest BCUT2D eigenvalue weighted by atomic mass is 79.9. The van der Waals surface area contributed by atoms with Gasteiger partial charge in [-0.15, -0.1) is 0 Å². The minimum Gasteiger partial charge on any atom is -0.388 e. The Morgan fingerprint density at radius 3 is 2.82 bits per heavy atom.